The van der Waals surface area contributed by atoms with Crippen LogP contribution in [0.1, 0.15) is 32.8 Å². The van der Waals surface area contributed by atoms with Gasteiger partial charge in [-0.1, -0.05) is 23.7 Å². The Hall–Kier alpha value is -1.68. The lowest BCUT2D eigenvalue weighted by molar-refractivity contribution is 0.0532. The summed E-state index contributed by atoms with van der Waals surface area (Å²) in [4.78, 5) is 11.6. The zero-order valence-electron chi connectivity index (χ0n) is 13.6. The third kappa shape index (κ3) is 7.36. The van der Waals surface area contributed by atoms with Crippen LogP contribution in [0, 0.1) is 0 Å². The maximum Gasteiger partial charge on any atom is 0.407 e. The Morgan fingerprint density at radius 1 is 1.27 bits per heavy atom. The third-order valence-corrected chi connectivity index (χ3v) is 3.22. The second-order valence-electron chi connectivity index (χ2n) is 5.97. The van der Waals surface area contributed by atoms with Gasteiger partial charge in [0.25, 0.3) is 0 Å². The Morgan fingerprint density at radius 2 is 1.91 bits per heavy atom. The van der Waals surface area contributed by atoms with Gasteiger partial charge in [-0.25, -0.2) is 4.79 Å². The predicted molar refractivity (Wildman–Crippen MR) is 89.5 cm³/mol. The van der Waals surface area contributed by atoms with Crippen molar-refractivity contribution in [3.8, 4) is 5.75 Å². The quantitative estimate of drug-likeness (QED) is 0.849. The first-order valence-electron chi connectivity index (χ1n) is 7.22. The molecule has 0 saturated carbocycles. The SMILES string of the molecule is COc1ccc(CC/C(=C\Cl)CNC(=O)OC(C)(C)C)cc1. The van der Waals surface area contributed by atoms with E-state index in [0.717, 1.165) is 24.2 Å². The average Bonchev–Trinajstić information content (AvgIpc) is 2.46. The lowest BCUT2D eigenvalue weighted by Gasteiger charge is -2.20. The first-order valence-corrected chi connectivity index (χ1v) is 7.65. The van der Waals surface area contributed by atoms with E-state index in [9.17, 15) is 4.79 Å². The largest absolute Gasteiger partial charge is 0.497 e. The van der Waals surface area contributed by atoms with Crippen molar-refractivity contribution in [2.75, 3.05) is 13.7 Å². The van der Waals surface area contributed by atoms with E-state index in [4.69, 9.17) is 21.1 Å². The van der Waals surface area contributed by atoms with E-state index in [1.807, 2.05) is 45.0 Å². The van der Waals surface area contributed by atoms with Gasteiger partial charge in [-0.05, 0) is 56.9 Å². The first kappa shape index (κ1) is 18.4. The third-order valence-electron chi connectivity index (χ3n) is 2.91. The van der Waals surface area contributed by atoms with Crippen LogP contribution in [0.2, 0.25) is 0 Å². The normalized spacial score (nSPS) is 12.0. The van der Waals surface area contributed by atoms with Crippen molar-refractivity contribution in [1.82, 2.24) is 5.32 Å². The predicted octanol–water partition coefficient (Wildman–Crippen LogP) is 4.28. The number of methoxy groups -OCH3 is 1. The van der Waals surface area contributed by atoms with Gasteiger partial charge < -0.3 is 14.8 Å². The number of ether oxygens (including phenoxy) is 2. The van der Waals surface area contributed by atoms with Crippen molar-refractivity contribution >= 4 is 17.7 Å². The van der Waals surface area contributed by atoms with Crippen LogP contribution in [0.15, 0.2) is 35.4 Å². The summed E-state index contributed by atoms with van der Waals surface area (Å²) in [6.45, 7) is 5.87. The van der Waals surface area contributed by atoms with E-state index >= 15 is 0 Å². The first-order chi connectivity index (χ1) is 10.3. The van der Waals surface area contributed by atoms with E-state index < -0.39 is 11.7 Å². The second kappa shape index (κ2) is 8.69. The van der Waals surface area contributed by atoms with Crippen LogP contribution in [0.4, 0.5) is 4.79 Å². The van der Waals surface area contributed by atoms with Crippen molar-refractivity contribution in [3.05, 3.63) is 40.9 Å². The summed E-state index contributed by atoms with van der Waals surface area (Å²) in [6, 6.07) is 7.90. The summed E-state index contributed by atoms with van der Waals surface area (Å²) in [7, 11) is 1.64. The fourth-order valence-corrected chi connectivity index (χ4v) is 1.96. The zero-order chi connectivity index (χ0) is 16.6. The Bertz CT molecular complexity index is 504. The van der Waals surface area contributed by atoms with Crippen molar-refractivity contribution in [3.63, 3.8) is 0 Å². The molecule has 1 aromatic rings. The lowest BCUT2D eigenvalue weighted by atomic mass is 10.1. The minimum absolute atomic E-state index is 0.384. The molecule has 22 heavy (non-hydrogen) atoms. The topological polar surface area (TPSA) is 47.6 Å². The maximum atomic E-state index is 11.6. The number of nitrogens with one attached hydrogen (secondary N) is 1. The molecule has 1 rings (SSSR count). The zero-order valence-corrected chi connectivity index (χ0v) is 14.4. The van der Waals surface area contributed by atoms with Crippen LogP contribution in [0.5, 0.6) is 5.75 Å². The molecule has 0 atom stereocenters. The fourth-order valence-electron chi connectivity index (χ4n) is 1.78. The van der Waals surface area contributed by atoms with Gasteiger partial charge in [0, 0.05) is 12.1 Å². The number of hydrogen-bond acceptors (Lipinski definition) is 3. The molecule has 0 aliphatic carbocycles. The fraction of sp³-hybridized carbons (Fsp3) is 0.471. The molecule has 0 spiro atoms. The molecule has 0 bridgehead atoms. The van der Waals surface area contributed by atoms with E-state index in [1.165, 1.54) is 11.1 Å². The highest BCUT2D eigenvalue weighted by molar-refractivity contribution is 6.25. The monoisotopic (exact) mass is 325 g/mol. The van der Waals surface area contributed by atoms with Crippen LogP contribution in [-0.4, -0.2) is 25.3 Å². The van der Waals surface area contributed by atoms with Gasteiger partial charge in [0.1, 0.15) is 11.4 Å². The molecular weight excluding hydrogens is 302 g/mol. The van der Waals surface area contributed by atoms with Crippen LogP contribution >= 0.6 is 11.6 Å². The highest BCUT2D eigenvalue weighted by atomic mass is 35.5. The Balaban J connectivity index is 2.40. The lowest BCUT2D eigenvalue weighted by Crippen LogP contribution is -2.33. The summed E-state index contributed by atoms with van der Waals surface area (Å²) in [5, 5.41) is 2.71. The van der Waals surface area contributed by atoms with Gasteiger partial charge in [0.15, 0.2) is 0 Å². The van der Waals surface area contributed by atoms with E-state index in [2.05, 4.69) is 5.32 Å². The molecule has 122 valence electrons. The van der Waals surface area contributed by atoms with Crippen molar-refractivity contribution < 1.29 is 14.3 Å². The molecular formula is C17H24ClNO3. The molecule has 0 aliphatic heterocycles. The summed E-state index contributed by atoms with van der Waals surface area (Å²) in [5.74, 6) is 0.837. The van der Waals surface area contributed by atoms with Crippen molar-refractivity contribution in [2.24, 2.45) is 0 Å². The standard InChI is InChI=1S/C17H24ClNO3/c1-17(2,3)22-16(20)19-12-14(11-18)6-5-13-7-9-15(21-4)10-8-13/h7-11H,5-6,12H2,1-4H3,(H,19,20)/b14-11+. The van der Waals surface area contributed by atoms with E-state index in [1.54, 1.807) is 7.11 Å². The van der Waals surface area contributed by atoms with Crippen LogP contribution in [0.3, 0.4) is 0 Å². The molecule has 1 amide bonds. The van der Waals surface area contributed by atoms with Crippen LogP contribution < -0.4 is 10.1 Å². The molecule has 4 nitrogen and oxygen atoms in total. The maximum absolute atomic E-state index is 11.6. The average molecular weight is 326 g/mol. The van der Waals surface area contributed by atoms with Crippen molar-refractivity contribution in [1.29, 1.82) is 0 Å². The van der Waals surface area contributed by atoms with Crippen molar-refractivity contribution in [2.45, 2.75) is 39.2 Å². The number of aryl methyl sites for hydroxylation is 1. The number of carbonyl (C=O) groups excluding carboxylic acids is 1. The molecule has 0 unspecified atom stereocenters. The Labute approximate surface area is 137 Å². The highest BCUT2D eigenvalue weighted by Crippen LogP contribution is 2.15. The number of alkyl carbamates (subject to hydrolysis) is 1. The number of halogens is 1. The van der Waals surface area contributed by atoms with Gasteiger partial charge >= 0.3 is 6.09 Å². The molecule has 0 saturated heterocycles. The summed E-state index contributed by atoms with van der Waals surface area (Å²) >= 11 is 5.82. The van der Waals surface area contributed by atoms with Gasteiger partial charge in [-0.15, -0.1) is 0 Å². The summed E-state index contributed by atoms with van der Waals surface area (Å²) < 4.78 is 10.3. The Morgan fingerprint density at radius 3 is 2.41 bits per heavy atom. The van der Waals surface area contributed by atoms with E-state index in [-0.39, 0.29) is 0 Å². The van der Waals surface area contributed by atoms with E-state index in [0.29, 0.717) is 6.54 Å². The van der Waals surface area contributed by atoms with Gasteiger partial charge in [0.2, 0.25) is 0 Å². The highest BCUT2D eigenvalue weighted by Gasteiger charge is 2.15. The van der Waals surface area contributed by atoms with Crippen LogP contribution in [0.25, 0.3) is 0 Å². The molecule has 0 heterocycles. The number of carbonyl (C=O) groups is 1. The molecule has 1 aromatic carbocycles. The molecule has 0 aliphatic rings. The molecule has 5 heteroatoms. The molecule has 1 N–H and O–H groups in total. The second-order valence-corrected chi connectivity index (χ2v) is 6.19. The Kier molecular flexibility index (Phi) is 7.25. The number of hydrogen-bond donors (Lipinski definition) is 1. The molecule has 0 radical (unpaired) electrons. The minimum atomic E-state index is -0.502. The molecule has 0 aromatic heterocycles. The smallest absolute Gasteiger partial charge is 0.407 e. The van der Waals surface area contributed by atoms with Crippen LogP contribution in [-0.2, 0) is 11.2 Å². The van der Waals surface area contributed by atoms with Gasteiger partial charge in [-0.3, -0.25) is 0 Å². The van der Waals surface area contributed by atoms with Gasteiger partial charge in [0.05, 0.1) is 7.11 Å². The summed E-state index contributed by atoms with van der Waals surface area (Å²) in [5.41, 5.74) is 3.15. The molecule has 0 fully saturated rings. The minimum Gasteiger partial charge on any atom is -0.497 e. The number of rotatable bonds is 6. The van der Waals surface area contributed by atoms with Gasteiger partial charge in [-0.2, -0.15) is 0 Å². The summed E-state index contributed by atoms with van der Waals surface area (Å²) in [6.07, 6.45) is 1.18. The number of benzene rings is 1. The number of amides is 1.